The number of aromatic nitrogens is 4. The first kappa shape index (κ1) is 9.79. The van der Waals surface area contributed by atoms with Gasteiger partial charge in [-0.15, -0.1) is 5.10 Å². The highest BCUT2D eigenvalue weighted by Gasteiger charge is 2.04. The Morgan fingerprint density at radius 1 is 1.33 bits per heavy atom. The third-order valence-corrected chi connectivity index (χ3v) is 2.15. The molecule has 0 saturated heterocycles. The summed E-state index contributed by atoms with van der Waals surface area (Å²) >= 11 is 0. The molecule has 0 aliphatic heterocycles. The van der Waals surface area contributed by atoms with E-state index in [1.165, 1.54) is 0 Å². The van der Waals surface area contributed by atoms with E-state index in [-0.39, 0.29) is 6.61 Å². The summed E-state index contributed by atoms with van der Waals surface area (Å²) in [5, 5.41) is 16.7. The first-order valence-corrected chi connectivity index (χ1v) is 4.81. The van der Waals surface area contributed by atoms with Gasteiger partial charge in [0.25, 0.3) is 0 Å². The van der Waals surface area contributed by atoms with Crippen molar-refractivity contribution in [2.24, 2.45) is 0 Å². The van der Waals surface area contributed by atoms with Crippen LogP contribution < -0.4 is 0 Å². The molecule has 1 N–H and O–H groups in total. The molecule has 5 heteroatoms. The molecule has 5 nitrogen and oxygen atoms in total. The Morgan fingerprint density at radius 3 is 2.80 bits per heavy atom. The van der Waals surface area contributed by atoms with Gasteiger partial charge in [0, 0.05) is 18.8 Å². The quantitative estimate of drug-likeness (QED) is 0.800. The third kappa shape index (κ3) is 1.87. The Kier molecular flexibility index (Phi) is 2.73. The van der Waals surface area contributed by atoms with Crippen LogP contribution >= 0.6 is 0 Å². The molecule has 0 fully saturated rings. The van der Waals surface area contributed by atoms with Gasteiger partial charge in [-0.2, -0.15) is 5.10 Å². The Hall–Kier alpha value is -1.75. The lowest BCUT2D eigenvalue weighted by Crippen LogP contribution is -2.04. The van der Waals surface area contributed by atoms with Crippen LogP contribution in [-0.4, -0.2) is 24.9 Å². The van der Waals surface area contributed by atoms with Crippen molar-refractivity contribution in [1.29, 1.82) is 0 Å². The van der Waals surface area contributed by atoms with E-state index >= 15 is 0 Å². The minimum Gasteiger partial charge on any atom is -0.390 e. The van der Waals surface area contributed by atoms with Crippen molar-refractivity contribution in [3.05, 3.63) is 36.0 Å². The second kappa shape index (κ2) is 4.18. The number of rotatable bonds is 3. The summed E-state index contributed by atoms with van der Waals surface area (Å²) in [6.07, 6.45) is 4.43. The molecule has 0 amide bonds. The molecule has 0 aromatic carbocycles. The lowest BCUT2D eigenvalue weighted by molar-refractivity contribution is 0.275. The second-order valence-electron chi connectivity index (χ2n) is 3.11. The molecule has 0 aliphatic rings. The summed E-state index contributed by atoms with van der Waals surface area (Å²) in [5.74, 6) is 1.67. The van der Waals surface area contributed by atoms with Crippen LogP contribution in [0, 0.1) is 0 Å². The van der Waals surface area contributed by atoms with Gasteiger partial charge in [-0.1, -0.05) is 6.92 Å². The Labute approximate surface area is 87.4 Å². The predicted molar refractivity (Wildman–Crippen MR) is 54.5 cm³/mol. The SMILES string of the molecule is CCc1nccn1-c1ccc(CO)nn1. The zero-order chi connectivity index (χ0) is 10.7. The number of nitrogens with zero attached hydrogens (tertiary/aromatic N) is 4. The van der Waals surface area contributed by atoms with Crippen LogP contribution in [-0.2, 0) is 13.0 Å². The molecule has 78 valence electrons. The van der Waals surface area contributed by atoms with Crippen molar-refractivity contribution in [2.75, 3.05) is 0 Å². The van der Waals surface area contributed by atoms with Crippen LogP contribution in [0.5, 0.6) is 0 Å². The van der Waals surface area contributed by atoms with Crippen molar-refractivity contribution in [3.8, 4) is 5.82 Å². The van der Waals surface area contributed by atoms with Gasteiger partial charge >= 0.3 is 0 Å². The third-order valence-electron chi connectivity index (χ3n) is 2.15. The van der Waals surface area contributed by atoms with E-state index in [1.54, 1.807) is 12.3 Å². The van der Waals surface area contributed by atoms with E-state index in [2.05, 4.69) is 15.2 Å². The maximum atomic E-state index is 8.84. The second-order valence-corrected chi connectivity index (χ2v) is 3.11. The fourth-order valence-corrected chi connectivity index (χ4v) is 1.37. The van der Waals surface area contributed by atoms with Gasteiger partial charge in [0.1, 0.15) is 5.82 Å². The Balaban J connectivity index is 2.37. The van der Waals surface area contributed by atoms with Gasteiger partial charge < -0.3 is 5.11 Å². The molecule has 0 saturated carbocycles. The average Bonchev–Trinajstić information content (AvgIpc) is 2.77. The number of aliphatic hydroxyl groups is 1. The molecule has 2 aromatic rings. The topological polar surface area (TPSA) is 63.8 Å². The van der Waals surface area contributed by atoms with E-state index in [1.807, 2.05) is 23.8 Å². The lowest BCUT2D eigenvalue weighted by atomic mass is 10.4. The monoisotopic (exact) mass is 204 g/mol. The number of hydrogen-bond donors (Lipinski definition) is 1. The van der Waals surface area contributed by atoms with Gasteiger partial charge in [-0.05, 0) is 12.1 Å². The average molecular weight is 204 g/mol. The number of aryl methyl sites for hydroxylation is 1. The minimum absolute atomic E-state index is 0.0855. The first-order chi connectivity index (χ1) is 7.35. The smallest absolute Gasteiger partial charge is 0.160 e. The minimum atomic E-state index is -0.0855. The first-order valence-electron chi connectivity index (χ1n) is 4.81. The van der Waals surface area contributed by atoms with E-state index in [0.29, 0.717) is 5.69 Å². The molecule has 2 heterocycles. The fourth-order valence-electron chi connectivity index (χ4n) is 1.37. The van der Waals surface area contributed by atoms with Gasteiger partial charge in [-0.3, -0.25) is 4.57 Å². The van der Waals surface area contributed by atoms with Crippen molar-refractivity contribution >= 4 is 0 Å². The molecule has 2 aromatic heterocycles. The summed E-state index contributed by atoms with van der Waals surface area (Å²) in [5.41, 5.74) is 0.567. The van der Waals surface area contributed by atoms with Crippen LogP contribution in [0.15, 0.2) is 24.5 Å². The largest absolute Gasteiger partial charge is 0.390 e. The van der Waals surface area contributed by atoms with Gasteiger partial charge in [0.15, 0.2) is 5.82 Å². The van der Waals surface area contributed by atoms with Crippen LogP contribution in [0.2, 0.25) is 0 Å². The summed E-state index contributed by atoms with van der Waals surface area (Å²) in [7, 11) is 0. The molecular formula is C10H12N4O. The fraction of sp³-hybridized carbons (Fsp3) is 0.300. The number of imidazole rings is 1. The van der Waals surface area contributed by atoms with Gasteiger partial charge in [0.05, 0.1) is 12.3 Å². The zero-order valence-corrected chi connectivity index (χ0v) is 8.46. The highest BCUT2D eigenvalue weighted by molar-refractivity contribution is 5.23. The molecule has 0 radical (unpaired) electrons. The molecule has 0 aliphatic carbocycles. The van der Waals surface area contributed by atoms with Crippen molar-refractivity contribution in [2.45, 2.75) is 20.0 Å². The van der Waals surface area contributed by atoms with Crippen LogP contribution in [0.3, 0.4) is 0 Å². The standard InChI is InChI=1S/C10H12N4O/c1-2-9-11-5-6-14(9)10-4-3-8(7-15)12-13-10/h3-6,15H,2,7H2,1H3. The van der Waals surface area contributed by atoms with E-state index in [4.69, 9.17) is 5.11 Å². The molecule has 0 unspecified atom stereocenters. The summed E-state index contributed by atoms with van der Waals surface area (Å²) < 4.78 is 1.88. The molecular weight excluding hydrogens is 192 g/mol. The summed E-state index contributed by atoms with van der Waals surface area (Å²) in [6, 6.07) is 3.57. The molecule has 2 rings (SSSR count). The maximum Gasteiger partial charge on any atom is 0.160 e. The van der Waals surface area contributed by atoms with Gasteiger partial charge in [0.2, 0.25) is 0 Å². The molecule has 0 spiro atoms. The van der Waals surface area contributed by atoms with Crippen LogP contribution in [0.25, 0.3) is 5.82 Å². The van der Waals surface area contributed by atoms with E-state index < -0.39 is 0 Å². The van der Waals surface area contributed by atoms with Gasteiger partial charge in [-0.25, -0.2) is 4.98 Å². The maximum absolute atomic E-state index is 8.84. The summed E-state index contributed by atoms with van der Waals surface area (Å²) in [4.78, 5) is 4.20. The lowest BCUT2D eigenvalue weighted by Gasteiger charge is -2.04. The molecule has 0 bridgehead atoms. The van der Waals surface area contributed by atoms with Crippen molar-refractivity contribution in [3.63, 3.8) is 0 Å². The zero-order valence-electron chi connectivity index (χ0n) is 8.46. The number of hydrogen-bond acceptors (Lipinski definition) is 4. The molecule has 15 heavy (non-hydrogen) atoms. The normalized spacial score (nSPS) is 10.5. The highest BCUT2D eigenvalue weighted by Crippen LogP contribution is 2.07. The van der Waals surface area contributed by atoms with E-state index in [0.717, 1.165) is 18.1 Å². The van der Waals surface area contributed by atoms with Crippen LogP contribution in [0.1, 0.15) is 18.4 Å². The van der Waals surface area contributed by atoms with Crippen LogP contribution in [0.4, 0.5) is 0 Å². The predicted octanol–water partition coefficient (Wildman–Crippen LogP) is 0.717. The van der Waals surface area contributed by atoms with E-state index in [9.17, 15) is 0 Å². The highest BCUT2D eigenvalue weighted by atomic mass is 16.3. The molecule has 0 atom stereocenters. The summed E-state index contributed by atoms with van der Waals surface area (Å²) in [6.45, 7) is 1.95. The van der Waals surface area contributed by atoms with Crippen molar-refractivity contribution in [1.82, 2.24) is 19.7 Å². The van der Waals surface area contributed by atoms with Crippen molar-refractivity contribution < 1.29 is 5.11 Å². The Bertz CT molecular complexity index is 435. The number of aliphatic hydroxyl groups excluding tert-OH is 1. The Morgan fingerprint density at radius 2 is 2.20 bits per heavy atom.